The molecule has 0 aliphatic heterocycles. The highest BCUT2D eigenvalue weighted by Crippen LogP contribution is 2.33. The summed E-state index contributed by atoms with van der Waals surface area (Å²) in [4.78, 5) is 1.13. The van der Waals surface area contributed by atoms with Crippen molar-refractivity contribution in [3.05, 3.63) is 49.6 Å². The summed E-state index contributed by atoms with van der Waals surface area (Å²) in [7, 11) is 0. The van der Waals surface area contributed by atoms with Crippen LogP contribution in [0.1, 0.15) is 36.8 Å². The molecule has 2 atom stereocenters. The van der Waals surface area contributed by atoms with Gasteiger partial charge in [-0.1, -0.05) is 25.4 Å². The Hall–Kier alpha value is -0.550. The molecule has 0 spiro atoms. The average molecular weight is 389 g/mol. The van der Waals surface area contributed by atoms with E-state index in [1.54, 1.807) is 11.3 Å². The van der Waals surface area contributed by atoms with Crippen molar-refractivity contribution in [2.45, 2.75) is 38.8 Å². The number of aryl methyl sites for hydroxylation is 1. The maximum absolute atomic E-state index is 6.25. The van der Waals surface area contributed by atoms with Gasteiger partial charge in [-0.05, 0) is 58.6 Å². The smallest absolute Gasteiger partial charge is 0.148 e. The van der Waals surface area contributed by atoms with Gasteiger partial charge >= 0.3 is 0 Å². The lowest BCUT2D eigenvalue weighted by Crippen LogP contribution is -2.30. The second-order valence-electron chi connectivity index (χ2n) is 4.88. The van der Waals surface area contributed by atoms with Gasteiger partial charge < -0.3 is 10.5 Å². The molecule has 0 saturated carbocycles. The van der Waals surface area contributed by atoms with Crippen molar-refractivity contribution in [3.63, 3.8) is 0 Å². The fourth-order valence-electron chi connectivity index (χ4n) is 2.09. The number of ether oxygens (including phenoxy) is 1. The maximum atomic E-state index is 6.25. The van der Waals surface area contributed by atoms with Crippen LogP contribution in [0.15, 0.2) is 34.1 Å². The van der Waals surface area contributed by atoms with Crippen LogP contribution < -0.4 is 10.5 Å². The van der Waals surface area contributed by atoms with E-state index in [0.717, 1.165) is 38.5 Å². The largest absolute Gasteiger partial charge is 0.483 e. The molecule has 2 aromatic rings. The summed E-state index contributed by atoms with van der Waals surface area (Å²) in [6, 6.07) is 7.81. The third-order valence-corrected chi connectivity index (χ3v) is 5.51. The molecule has 1 aromatic carbocycles. The van der Waals surface area contributed by atoms with Crippen molar-refractivity contribution in [1.29, 1.82) is 0 Å². The van der Waals surface area contributed by atoms with E-state index in [-0.39, 0.29) is 12.1 Å². The minimum atomic E-state index is -0.141. The van der Waals surface area contributed by atoms with E-state index in [0.29, 0.717) is 0 Å². The topological polar surface area (TPSA) is 35.2 Å². The van der Waals surface area contributed by atoms with E-state index in [1.165, 1.54) is 0 Å². The van der Waals surface area contributed by atoms with E-state index in [9.17, 15) is 0 Å². The Bertz CT molecular complexity index is 602. The molecule has 0 bridgehead atoms. The standard InChI is InChI=1S/C16H19BrClNOS/c1-3-10-7-12(5-6-13(10)18)20-16(14(19)4-2)15-8-11(17)9-21-15/h5-9,14,16H,3-4,19H2,1-2H3. The van der Waals surface area contributed by atoms with Gasteiger partial charge in [-0.2, -0.15) is 0 Å². The number of nitrogens with two attached hydrogens (primary N) is 1. The van der Waals surface area contributed by atoms with Crippen LogP contribution in [-0.4, -0.2) is 6.04 Å². The van der Waals surface area contributed by atoms with Crippen LogP contribution in [0.25, 0.3) is 0 Å². The quantitative estimate of drug-likeness (QED) is 0.700. The van der Waals surface area contributed by atoms with Crippen LogP contribution in [0.5, 0.6) is 5.75 Å². The van der Waals surface area contributed by atoms with Crippen molar-refractivity contribution in [3.8, 4) is 5.75 Å². The van der Waals surface area contributed by atoms with E-state index in [4.69, 9.17) is 22.1 Å². The zero-order chi connectivity index (χ0) is 15.4. The summed E-state index contributed by atoms with van der Waals surface area (Å²) in [6.07, 6.45) is 1.59. The van der Waals surface area contributed by atoms with E-state index in [2.05, 4.69) is 35.8 Å². The van der Waals surface area contributed by atoms with E-state index >= 15 is 0 Å². The van der Waals surface area contributed by atoms with Gasteiger partial charge in [-0.3, -0.25) is 0 Å². The van der Waals surface area contributed by atoms with Crippen LogP contribution in [0.3, 0.4) is 0 Å². The Morgan fingerprint density at radius 1 is 1.33 bits per heavy atom. The van der Waals surface area contributed by atoms with Gasteiger partial charge in [-0.15, -0.1) is 11.3 Å². The van der Waals surface area contributed by atoms with Gasteiger partial charge in [0, 0.05) is 25.8 Å². The first-order valence-electron chi connectivity index (χ1n) is 6.99. The van der Waals surface area contributed by atoms with Crippen molar-refractivity contribution in [2.75, 3.05) is 0 Å². The summed E-state index contributed by atoms with van der Waals surface area (Å²) >= 11 is 11.3. The Morgan fingerprint density at radius 3 is 2.67 bits per heavy atom. The second kappa shape index (κ2) is 7.63. The lowest BCUT2D eigenvalue weighted by Gasteiger charge is -2.23. The summed E-state index contributed by atoms with van der Waals surface area (Å²) < 4.78 is 7.23. The third kappa shape index (κ3) is 4.22. The fraction of sp³-hybridized carbons (Fsp3) is 0.375. The Balaban J connectivity index is 2.27. The van der Waals surface area contributed by atoms with Gasteiger partial charge in [0.2, 0.25) is 0 Å². The predicted octanol–water partition coefficient (Wildman–Crippen LogP) is 5.58. The van der Waals surface area contributed by atoms with Crippen LogP contribution in [-0.2, 0) is 6.42 Å². The second-order valence-corrected chi connectivity index (χ2v) is 7.15. The van der Waals surface area contributed by atoms with Crippen molar-refractivity contribution in [2.24, 2.45) is 5.73 Å². The summed E-state index contributed by atoms with van der Waals surface area (Å²) in [6.45, 7) is 4.15. The molecule has 0 fully saturated rings. The number of benzene rings is 1. The number of rotatable bonds is 6. The molecule has 0 aliphatic rings. The molecule has 0 radical (unpaired) electrons. The third-order valence-electron chi connectivity index (χ3n) is 3.39. The molecule has 1 heterocycles. The molecule has 0 amide bonds. The molecule has 2 nitrogen and oxygen atoms in total. The number of hydrogen-bond acceptors (Lipinski definition) is 3. The van der Waals surface area contributed by atoms with Gasteiger partial charge in [0.05, 0.1) is 0 Å². The van der Waals surface area contributed by atoms with Crippen LogP contribution in [0.2, 0.25) is 5.02 Å². The Labute approximate surface area is 143 Å². The van der Waals surface area contributed by atoms with Crippen LogP contribution in [0.4, 0.5) is 0 Å². The van der Waals surface area contributed by atoms with Crippen LogP contribution in [0, 0.1) is 0 Å². The molecule has 0 aliphatic carbocycles. The zero-order valence-electron chi connectivity index (χ0n) is 12.1. The number of hydrogen-bond donors (Lipinski definition) is 1. The molecule has 0 saturated heterocycles. The van der Waals surface area contributed by atoms with Crippen molar-refractivity contribution >= 4 is 38.9 Å². The highest BCUT2D eigenvalue weighted by atomic mass is 79.9. The van der Waals surface area contributed by atoms with Crippen LogP contribution >= 0.6 is 38.9 Å². The summed E-state index contributed by atoms with van der Waals surface area (Å²) in [5, 5.41) is 2.83. The van der Waals surface area contributed by atoms with Gasteiger partial charge in [0.25, 0.3) is 0 Å². The van der Waals surface area contributed by atoms with E-state index in [1.807, 2.05) is 23.6 Å². The van der Waals surface area contributed by atoms with Crippen molar-refractivity contribution in [1.82, 2.24) is 0 Å². The summed E-state index contributed by atoms with van der Waals surface area (Å²) in [5.74, 6) is 0.815. The van der Waals surface area contributed by atoms with Gasteiger partial charge in [0.15, 0.2) is 0 Å². The normalized spacial score (nSPS) is 14.0. The first-order chi connectivity index (χ1) is 10.0. The molecule has 2 N–H and O–H groups in total. The fourth-order valence-corrected chi connectivity index (χ4v) is 3.89. The maximum Gasteiger partial charge on any atom is 0.148 e. The molecule has 2 rings (SSSR count). The first-order valence-corrected chi connectivity index (χ1v) is 9.04. The van der Waals surface area contributed by atoms with Gasteiger partial charge in [0.1, 0.15) is 11.9 Å². The first kappa shape index (κ1) is 16.8. The molecule has 1 aromatic heterocycles. The zero-order valence-corrected chi connectivity index (χ0v) is 15.3. The summed E-state index contributed by atoms with van der Waals surface area (Å²) in [5.41, 5.74) is 7.34. The average Bonchev–Trinajstić information content (AvgIpc) is 2.91. The Morgan fingerprint density at radius 2 is 2.10 bits per heavy atom. The van der Waals surface area contributed by atoms with Gasteiger partial charge in [-0.25, -0.2) is 0 Å². The molecule has 2 unspecified atom stereocenters. The van der Waals surface area contributed by atoms with E-state index < -0.39 is 0 Å². The molecular formula is C16H19BrClNOS. The highest BCUT2D eigenvalue weighted by Gasteiger charge is 2.22. The predicted molar refractivity (Wildman–Crippen MR) is 94.5 cm³/mol. The monoisotopic (exact) mass is 387 g/mol. The van der Waals surface area contributed by atoms with Crippen molar-refractivity contribution < 1.29 is 4.74 Å². The SMILES string of the molecule is CCc1cc(OC(c2cc(Br)cs2)C(N)CC)ccc1Cl. The molecule has 5 heteroatoms. The number of halogens is 2. The lowest BCUT2D eigenvalue weighted by molar-refractivity contribution is 0.174. The molecular weight excluding hydrogens is 370 g/mol. The molecule has 21 heavy (non-hydrogen) atoms. The highest BCUT2D eigenvalue weighted by molar-refractivity contribution is 9.10. The lowest BCUT2D eigenvalue weighted by atomic mass is 10.1. The molecule has 114 valence electrons. The number of thiophene rings is 1. The minimum absolute atomic E-state index is 0.0451. The minimum Gasteiger partial charge on any atom is -0.483 e. The Kier molecular flexibility index (Phi) is 6.11.